The zero-order valence-corrected chi connectivity index (χ0v) is 13.8. The third kappa shape index (κ3) is 4.68. The molecule has 0 fully saturated rings. The number of benzene rings is 1. The van der Waals surface area contributed by atoms with Crippen molar-refractivity contribution in [3.05, 3.63) is 56.7 Å². The lowest BCUT2D eigenvalue weighted by Crippen LogP contribution is -2.37. The lowest BCUT2D eigenvalue weighted by atomic mass is 10.1. The number of carbonyl (C=O) groups excluding carboxylic acids is 2. The molecule has 0 bridgehead atoms. The number of rotatable bonds is 5. The topological polar surface area (TPSA) is 58.2 Å². The molecule has 2 amide bonds. The molecule has 1 aromatic heterocycles. The van der Waals surface area contributed by atoms with Crippen LogP contribution in [0.5, 0.6) is 0 Å². The molecule has 0 aliphatic rings. The normalized spacial score (nSPS) is 11.7. The standard InChI is InChI=1S/C15H15BrN2O2S/c1-10(11-4-6-12(16)7-5-11)18-14(19)9-17-15(20)13-3-2-8-21-13/h2-8,10H,9H2,1H3,(H,17,20)(H,18,19). The average molecular weight is 367 g/mol. The highest BCUT2D eigenvalue weighted by molar-refractivity contribution is 9.10. The Morgan fingerprint density at radius 3 is 2.57 bits per heavy atom. The van der Waals surface area contributed by atoms with Gasteiger partial charge in [-0.05, 0) is 36.1 Å². The number of halogens is 1. The molecular formula is C15H15BrN2O2S. The van der Waals surface area contributed by atoms with Crippen molar-refractivity contribution < 1.29 is 9.59 Å². The first-order valence-electron chi connectivity index (χ1n) is 6.43. The second-order valence-corrected chi connectivity index (χ2v) is 6.36. The van der Waals surface area contributed by atoms with E-state index >= 15 is 0 Å². The molecule has 4 nitrogen and oxygen atoms in total. The Bertz CT molecular complexity index is 611. The maximum absolute atomic E-state index is 11.8. The van der Waals surface area contributed by atoms with Gasteiger partial charge in [0.05, 0.1) is 17.5 Å². The first-order chi connectivity index (χ1) is 10.1. The maximum atomic E-state index is 11.8. The van der Waals surface area contributed by atoms with Crippen LogP contribution in [0.4, 0.5) is 0 Å². The Morgan fingerprint density at radius 1 is 1.24 bits per heavy atom. The monoisotopic (exact) mass is 366 g/mol. The fraction of sp³-hybridized carbons (Fsp3) is 0.200. The molecule has 0 aliphatic carbocycles. The molecule has 0 saturated heterocycles. The fourth-order valence-corrected chi connectivity index (χ4v) is 2.69. The summed E-state index contributed by atoms with van der Waals surface area (Å²) in [5.41, 5.74) is 1.01. The number of amides is 2. The van der Waals surface area contributed by atoms with Gasteiger partial charge in [-0.3, -0.25) is 9.59 Å². The lowest BCUT2D eigenvalue weighted by molar-refractivity contribution is -0.120. The quantitative estimate of drug-likeness (QED) is 0.853. The van der Waals surface area contributed by atoms with E-state index < -0.39 is 0 Å². The van der Waals surface area contributed by atoms with E-state index in [1.54, 1.807) is 12.1 Å². The van der Waals surface area contributed by atoms with Gasteiger partial charge < -0.3 is 10.6 Å². The summed E-state index contributed by atoms with van der Waals surface area (Å²) in [6, 6.07) is 11.2. The van der Waals surface area contributed by atoms with Crippen LogP contribution in [0.1, 0.15) is 28.2 Å². The second-order valence-electron chi connectivity index (χ2n) is 4.50. The number of carbonyl (C=O) groups is 2. The summed E-state index contributed by atoms with van der Waals surface area (Å²) in [7, 11) is 0. The first kappa shape index (κ1) is 15.7. The SMILES string of the molecule is CC(NC(=O)CNC(=O)c1cccs1)c1ccc(Br)cc1. The van der Waals surface area contributed by atoms with E-state index in [-0.39, 0.29) is 24.4 Å². The van der Waals surface area contributed by atoms with E-state index in [2.05, 4.69) is 26.6 Å². The summed E-state index contributed by atoms with van der Waals surface area (Å²) in [5, 5.41) is 7.28. The molecule has 0 spiro atoms. The Hall–Kier alpha value is -1.66. The zero-order chi connectivity index (χ0) is 15.2. The van der Waals surface area contributed by atoms with Crippen LogP contribution >= 0.6 is 27.3 Å². The summed E-state index contributed by atoms with van der Waals surface area (Å²) in [5.74, 6) is -0.438. The summed E-state index contributed by atoms with van der Waals surface area (Å²) < 4.78 is 0.994. The minimum Gasteiger partial charge on any atom is -0.348 e. The van der Waals surface area contributed by atoms with Crippen molar-refractivity contribution >= 4 is 39.1 Å². The number of hydrogen-bond donors (Lipinski definition) is 2. The van der Waals surface area contributed by atoms with Crippen molar-refractivity contribution in [3.63, 3.8) is 0 Å². The molecule has 1 heterocycles. The Morgan fingerprint density at radius 2 is 1.95 bits per heavy atom. The third-order valence-electron chi connectivity index (χ3n) is 2.90. The minimum atomic E-state index is -0.226. The molecule has 1 unspecified atom stereocenters. The first-order valence-corrected chi connectivity index (χ1v) is 8.10. The highest BCUT2D eigenvalue weighted by Gasteiger charge is 2.12. The van der Waals surface area contributed by atoms with Gasteiger partial charge in [0.15, 0.2) is 0 Å². The van der Waals surface area contributed by atoms with Gasteiger partial charge in [-0.15, -0.1) is 11.3 Å². The summed E-state index contributed by atoms with van der Waals surface area (Å²) in [6.45, 7) is 1.87. The van der Waals surface area contributed by atoms with Gasteiger partial charge in [0.25, 0.3) is 5.91 Å². The molecule has 21 heavy (non-hydrogen) atoms. The van der Waals surface area contributed by atoms with Gasteiger partial charge in [0, 0.05) is 4.47 Å². The van der Waals surface area contributed by atoms with Crippen molar-refractivity contribution in [1.82, 2.24) is 10.6 Å². The van der Waals surface area contributed by atoms with Crippen LogP contribution in [0, 0.1) is 0 Å². The predicted octanol–water partition coefficient (Wildman–Crippen LogP) is 3.12. The predicted molar refractivity (Wildman–Crippen MR) is 87.4 cm³/mol. The van der Waals surface area contributed by atoms with E-state index in [1.165, 1.54) is 11.3 Å². The maximum Gasteiger partial charge on any atom is 0.261 e. The minimum absolute atomic E-state index is 0.0302. The van der Waals surface area contributed by atoms with Gasteiger partial charge in [-0.2, -0.15) is 0 Å². The van der Waals surface area contributed by atoms with Crippen LogP contribution in [0.2, 0.25) is 0 Å². The van der Waals surface area contributed by atoms with Crippen LogP contribution in [-0.2, 0) is 4.79 Å². The van der Waals surface area contributed by atoms with Crippen molar-refractivity contribution in [2.45, 2.75) is 13.0 Å². The molecule has 2 N–H and O–H groups in total. The van der Waals surface area contributed by atoms with Crippen molar-refractivity contribution in [2.24, 2.45) is 0 Å². The summed E-state index contributed by atoms with van der Waals surface area (Å²) in [4.78, 5) is 24.2. The van der Waals surface area contributed by atoms with E-state index in [1.807, 2.05) is 36.6 Å². The van der Waals surface area contributed by atoms with E-state index in [0.717, 1.165) is 10.0 Å². The lowest BCUT2D eigenvalue weighted by Gasteiger charge is -2.14. The number of nitrogens with one attached hydrogen (secondary N) is 2. The third-order valence-corrected chi connectivity index (χ3v) is 4.30. The van der Waals surface area contributed by atoms with E-state index in [0.29, 0.717) is 4.88 Å². The van der Waals surface area contributed by atoms with Crippen LogP contribution in [0.25, 0.3) is 0 Å². The van der Waals surface area contributed by atoms with Crippen LogP contribution < -0.4 is 10.6 Å². The molecule has 6 heteroatoms. The van der Waals surface area contributed by atoms with Gasteiger partial charge >= 0.3 is 0 Å². The Labute approximate surface area is 135 Å². The molecule has 2 aromatic rings. The van der Waals surface area contributed by atoms with Crippen LogP contribution in [0.3, 0.4) is 0 Å². The molecule has 1 atom stereocenters. The Kier molecular flexibility index (Phi) is 5.52. The highest BCUT2D eigenvalue weighted by atomic mass is 79.9. The van der Waals surface area contributed by atoms with Gasteiger partial charge in [0.2, 0.25) is 5.91 Å². The molecule has 1 aromatic carbocycles. The molecule has 0 saturated carbocycles. The zero-order valence-electron chi connectivity index (χ0n) is 11.4. The van der Waals surface area contributed by atoms with E-state index in [4.69, 9.17) is 0 Å². The summed E-state index contributed by atoms with van der Waals surface area (Å²) in [6.07, 6.45) is 0. The van der Waals surface area contributed by atoms with Gasteiger partial charge in [0.1, 0.15) is 0 Å². The second kappa shape index (κ2) is 7.38. The average Bonchev–Trinajstić information content (AvgIpc) is 2.99. The molecule has 0 aliphatic heterocycles. The molecular weight excluding hydrogens is 352 g/mol. The Balaban J connectivity index is 1.81. The summed E-state index contributed by atoms with van der Waals surface area (Å²) >= 11 is 4.72. The fourth-order valence-electron chi connectivity index (χ4n) is 1.78. The molecule has 110 valence electrons. The molecule has 2 rings (SSSR count). The number of thiophene rings is 1. The van der Waals surface area contributed by atoms with Crippen molar-refractivity contribution in [2.75, 3.05) is 6.54 Å². The largest absolute Gasteiger partial charge is 0.348 e. The van der Waals surface area contributed by atoms with Gasteiger partial charge in [-0.1, -0.05) is 34.1 Å². The van der Waals surface area contributed by atoms with Crippen LogP contribution in [-0.4, -0.2) is 18.4 Å². The smallest absolute Gasteiger partial charge is 0.261 e. The number of hydrogen-bond acceptors (Lipinski definition) is 3. The molecule has 0 radical (unpaired) electrons. The van der Waals surface area contributed by atoms with Crippen molar-refractivity contribution in [1.29, 1.82) is 0 Å². The highest BCUT2D eigenvalue weighted by Crippen LogP contribution is 2.16. The van der Waals surface area contributed by atoms with Crippen LogP contribution in [0.15, 0.2) is 46.3 Å². The van der Waals surface area contributed by atoms with Crippen molar-refractivity contribution in [3.8, 4) is 0 Å². The van der Waals surface area contributed by atoms with E-state index in [9.17, 15) is 9.59 Å². The van der Waals surface area contributed by atoms with Gasteiger partial charge in [-0.25, -0.2) is 0 Å².